The summed E-state index contributed by atoms with van der Waals surface area (Å²) >= 11 is 0. The molecule has 0 aromatic rings. The van der Waals surface area contributed by atoms with Gasteiger partial charge >= 0.3 is 0 Å². The summed E-state index contributed by atoms with van der Waals surface area (Å²) in [7, 11) is -3.16. The van der Waals surface area contributed by atoms with Crippen molar-refractivity contribution >= 4 is 10.0 Å². The Bertz CT molecular complexity index is 314. The van der Waals surface area contributed by atoms with Gasteiger partial charge in [-0.05, 0) is 33.0 Å². The fourth-order valence-electron chi connectivity index (χ4n) is 1.92. The van der Waals surface area contributed by atoms with E-state index in [1.165, 1.54) is 0 Å². The van der Waals surface area contributed by atoms with Crippen LogP contribution in [-0.2, 0) is 10.0 Å². The van der Waals surface area contributed by atoms with Crippen LogP contribution in [0.5, 0.6) is 0 Å². The second kappa shape index (κ2) is 9.69. The molecule has 0 saturated carbocycles. The first-order chi connectivity index (χ1) is 8.80. The van der Waals surface area contributed by atoms with Gasteiger partial charge in [-0.3, -0.25) is 0 Å². The highest BCUT2D eigenvalue weighted by atomic mass is 32.2. The quantitative estimate of drug-likeness (QED) is 0.559. The monoisotopic (exact) mass is 293 g/mol. The molecule has 0 aliphatic carbocycles. The molecule has 1 atom stereocenters. The van der Waals surface area contributed by atoms with E-state index in [0.717, 1.165) is 26.2 Å². The summed E-state index contributed by atoms with van der Waals surface area (Å²) in [5, 5.41) is 3.22. The Hall–Kier alpha value is -0.170. The SMILES string of the molecule is CCN(CC)CC(C)NS(=O)(=O)CCCNC(C)C. The zero-order valence-electron chi connectivity index (χ0n) is 13.1. The molecule has 0 aromatic heterocycles. The van der Waals surface area contributed by atoms with E-state index in [9.17, 15) is 8.42 Å². The van der Waals surface area contributed by atoms with Gasteiger partial charge in [0, 0.05) is 18.6 Å². The molecule has 0 aromatic carbocycles. The number of sulfonamides is 1. The maximum absolute atomic E-state index is 11.9. The molecule has 116 valence electrons. The number of rotatable bonds is 11. The molecule has 0 spiro atoms. The molecule has 0 fully saturated rings. The third-order valence-corrected chi connectivity index (χ3v) is 4.54. The minimum Gasteiger partial charge on any atom is -0.314 e. The molecular weight excluding hydrogens is 262 g/mol. The van der Waals surface area contributed by atoms with Gasteiger partial charge in [-0.1, -0.05) is 27.7 Å². The van der Waals surface area contributed by atoms with Crippen LogP contribution < -0.4 is 10.0 Å². The standard InChI is InChI=1S/C13H31N3O2S/c1-6-16(7-2)11-13(5)15-19(17,18)10-8-9-14-12(3)4/h12-15H,6-11H2,1-5H3. The van der Waals surface area contributed by atoms with Crippen molar-refractivity contribution in [2.75, 3.05) is 31.9 Å². The lowest BCUT2D eigenvalue weighted by Gasteiger charge is -2.23. The van der Waals surface area contributed by atoms with E-state index in [-0.39, 0.29) is 11.8 Å². The van der Waals surface area contributed by atoms with Crippen molar-refractivity contribution in [1.29, 1.82) is 0 Å². The molecule has 2 N–H and O–H groups in total. The zero-order chi connectivity index (χ0) is 14.9. The number of nitrogens with one attached hydrogen (secondary N) is 2. The first-order valence-electron chi connectivity index (χ1n) is 7.26. The fourth-order valence-corrected chi connectivity index (χ4v) is 3.25. The van der Waals surface area contributed by atoms with Gasteiger partial charge in [0.2, 0.25) is 10.0 Å². The molecule has 0 amide bonds. The van der Waals surface area contributed by atoms with Crippen LogP contribution in [0.15, 0.2) is 0 Å². The summed E-state index contributed by atoms with van der Waals surface area (Å²) in [5.41, 5.74) is 0. The molecule has 19 heavy (non-hydrogen) atoms. The van der Waals surface area contributed by atoms with Gasteiger partial charge in [0.15, 0.2) is 0 Å². The highest BCUT2D eigenvalue weighted by Gasteiger charge is 2.15. The van der Waals surface area contributed by atoms with E-state index in [0.29, 0.717) is 12.5 Å². The van der Waals surface area contributed by atoms with Crippen molar-refractivity contribution in [3.05, 3.63) is 0 Å². The molecule has 0 bridgehead atoms. The van der Waals surface area contributed by atoms with Gasteiger partial charge in [0.05, 0.1) is 5.75 Å². The summed E-state index contributed by atoms with van der Waals surface area (Å²) in [6, 6.07) is 0.361. The van der Waals surface area contributed by atoms with Crippen LogP contribution in [-0.4, -0.2) is 57.3 Å². The minimum atomic E-state index is -3.16. The Labute approximate surface area is 119 Å². The average Bonchev–Trinajstić information content (AvgIpc) is 2.31. The first kappa shape index (κ1) is 18.8. The molecule has 6 heteroatoms. The lowest BCUT2D eigenvalue weighted by molar-refractivity contribution is 0.282. The molecule has 1 unspecified atom stereocenters. The number of nitrogens with zero attached hydrogens (tertiary/aromatic N) is 1. The Morgan fingerprint density at radius 1 is 1.11 bits per heavy atom. The maximum Gasteiger partial charge on any atom is 0.211 e. The van der Waals surface area contributed by atoms with Gasteiger partial charge in [-0.2, -0.15) is 0 Å². The van der Waals surface area contributed by atoms with Crippen LogP contribution in [0.1, 0.15) is 41.0 Å². The van der Waals surface area contributed by atoms with E-state index < -0.39 is 10.0 Å². The normalized spacial score (nSPS) is 14.3. The van der Waals surface area contributed by atoms with Crippen LogP contribution in [0.3, 0.4) is 0 Å². The highest BCUT2D eigenvalue weighted by molar-refractivity contribution is 7.89. The van der Waals surface area contributed by atoms with Crippen molar-refractivity contribution in [3.63, 3.8) is 0 Å². The van der Waals surface area contributed by atoms with Crippen molar-refractivity contribution in [2.45, 2.75) is 53.1 Å². The average molecular weight is 293 g/mol. The van der Waals surface area contributed by atoms with Gasteiger partial charge in [0.25, 0.3) is 0 Å². The summed E-state index contributed by atoms with van der Waals surface area (Å²) in [5.74, 6) is 0.190. The van der Waals surface area contributed by atoms with Crippen LogP contribution in [0, 0.1) is 0 Å². The lowest BCUT2D eigenvalue weighted by atomic mass is 10.3. The molecule has 0 aliphatic heterocycles. The van der Waals surface area contributed by atoms with E-state index in [1.807, 2.05) is 6.92 Å². The van der Waals surface area contributed by atoms with Crippen LogP contribution in [0.25, 0.3) is 0 Å². The second-order valence-electron chi connectivity index (χ2n) is 5.29. The maximum atomic E-state index is 11.9. The van der Waals surface area contributed by atoms with E-state index in [1.54, 1.807) is 0 Å². The van der Waals surface area contributed by atoms with Crippen molar-refractivity contribution in [2.24, 2.45) is 0 Å². The van der Waals surface area contributed by atoms with E-state index in [4.69, 9.17) is 0 Å². The van der Waals surface area contributed by atoms with Crippen LogP contribution >= 0.6 is 0 Å². The van der Waals surface area contributed by atoms with Gasteiger partial charge < -0.3 is 10.2 Å². The fraction of sp³-hybridized carbons (Fsp3) is 1.00. The van der Waals surface area contributed by atoms with E-state index >= 15 is 0 Å². The van der Waals surface area contributed by atoms with Gasteiger partial charge in [0.1, 0.15) is 0 Å². The Balaban J connectivity index is 4.00. The summed E-state index contributed by atoms with van der Waals surface area (Å²) in [6.45, 7) is 13.6. The Morgan fingerprint density at radius 3 is 2.16 bits per heavy atom. The lowest BCUT2D eigenvalue weighted by Crippen LogP contribution is -2.43. The summed E-state index contributed by atoms with van der Waals surface area (Å²) in [6.07, 6.45) is 0.644. The number of hydrogen-bond donors (Lipinski definition) is 2. The first-order valence-corrected chi connectivity index (χ1v) is 8.91. The molecule has 5 nitrogen and oxygen atoms in total. The molecule has 0 rings (SSSR count). The molecule has 0 radical (unpaired) electrons. The molecule has 0 saturated heterocycles. The topological polar surface area (TPSA) is 61.4 Å². The summed E-state index contributed by atoms with van der Waals surface area (Å²) < 4.78 is 26.5. The van der Waals surface area contributed by atoms with Crippen molar-refractivity contribution in [1.82, 2.24) is 14.9 Å². The molecule has 0 heterocycles. The minimum absolute atomic E-state index is 0.0389. The molecule has 0 aliphatic rings. The third-order valence-electron chi connectivity index (χ3n) is 2.95. The third kappa shape index (κ3) is 10.3. The Kier molecular flexibility index (Phi) is 9.60. The number of hydrogen-bond acceptors (Lipinski definition) is 4. The largest absolute Gasteiger partial charge is 0.314 e. The zero-order valence-corrected chi connectivity index (χ0v) is 13.9. The predicted octanol–water partition coefficient (Wildman–Crippen LogP) is 1.02. The van der Waals surface area contributed by atoms with Crippen LogP contribution in [0.2, 0.25) is 0 Å². The van der Waals surface area contributed by atoms with Crippen LogP contribution in [0.4, 0.5) is 0 Å². The van der Waals surface area contributed by atoms with Gasteiger partial charge in [-0.25, -0.2) is 13.1 Å². The van der Waals surface area contributed by atoms with Crippen molar-refractivity contribution in [3.8, 4) is 0 Å². The number of likely N-dealkylation sites (N-methyl/N-ethyl adjacent to an activating group) is 1. The smallest absolute Gasteiger partial charge is 0.211 e. The van der Waals surface area contributed by atoms with Crippen molar-refractivity contribution < 1.29 is 8.42 Å². The second-order valence-corrected chi connectivity index (χ2v) is 7.16. The molecular formula is C13H31N3O2S. The Morgan fingerprint density at radius 2 is 1.68 bits per heavy atom. The summed E-state index contributed by atoms with van der Waals surface area (Å²) in [4.78, 5) is 2.22. The van der Waals surface area contributed by atoms with E-state index in [2.05, 4.69) is 42.6 Å². The van der Waals surface area contributed by atoms with Gasteiger partial charge in [-0.15, -0.1) is 0 Å². The predicted molar refractivity (Wildman–Crippen MR) is 81.9 cm³/mol. The highest BCUT2D eigenvalue weighted by Crippen LogP contribution is 1.96.